The van der Waals surface area contributed by atoms with Crippen molar-refractivity contribution < 1.29 is 4.79 Å². The first-order valence-corrected chi connectivity index (χ1v) is 10.4. The van der Waals surface area contributed by atoms with Crippen LogP contribution in [0.15, 0.2) is 29.0 Å². The molecule has 1 aliphatic heterocycles. The van der Waals surface area contributed by atoms with Gasteiger partial charge in [-0.1, -0.05) is 17.8 Å². The van der Waals surface area contributed by atoms with Crippen LogP contribution >= 0.6 is 27.3 Å². The van der Waals surface area contributed by atoms with Crippen molar-refractivity contribution in [2.45, 2.75) is 25.7 Å². The Morgan fingerprint density at radius 2 is 2.12 bits per heavy atom. The van der Waals surface area contributed by atoms with Crippen LogP contribution in [0.25, 0.3) is 15.2 Å². The van der Waals surface area contributed by atoms with Gasteiger partial charge in [0.25, 0.3) is 5.91 Å². The molecule has 1 aromatic carbocycles. The van der Waals surface area contributed by atoms with Crippen LogP contribution in [0, 0.1) is 0 Å². The van der Waals surface area contributed by atoms with E-state index < -0.39 is 0 Å². The van der Waals surface area contributed by atoms with Gasteiger partial charge in [-0.05, 0) is 73.0 Å². The molecular formula is C18H21BrN4OS. The maximum atomic E-state index is 12.4. The van der Waals surface area contributed by atoms with Gasteiger partial charge in [0.15, 0.2) is 4.96 Å². The van der Waals surface area contributed by atoms with E-state index in [1.165, 1.54) is 32.4 Å². The number of piperidine rings is 1. The third-order valence-electron chi connectivity index (χ3n) is 4.71. The number of fused-ring (bicyclic) bond motifs is 3. The van der Waals surface area contributed by atoms with Crippen LogP contribution in [0.3, 0.4) is 0 Å². The fourth-order valence-electron chi connectivity index (χ4n) is 3.40. The van der Waals surface area contributed by atoms with Gasteiger partial charge in [-0.25, -0.2) is 4.98 Å². The smallest absolute Gasteiger partial charge is 0.251 e. The highest BCUT2D eigenvalue weighted by Crippen LogP contribution is 2.28. The number of benzene rings is 1. The largest absolute Gasteiger partial charge is 0.352 e. The van der Waals surface area contributed by atoms with E-state index in [2.05, 4.69) is 31.1 Å². The number of hydrogen-bond acceptors (Lipinski definition) is 4. The molecule has 5 nitrogen and oxygen atoms in total. The number of rotatable bonds is 5. The molecule has 0 atom stereocenters. The SMILES string of the molecule is O=C(NCCCN1CCCCC1)c1ccc2c(c1)sc1nc(Br)cn12. The van der Waals surface area contributed by atoms with E-state index in [0.717, 1.165) is 39.3 Å². The number of carbonyl (C=O) groups is 1. The average molecular weight is 421 g/mol. The number of amides is 1. The normalized spacial score (nSPS) is 15.9. The molecule has 1 saturated heterocycles. The molecule has 7 heteroatoms. The topological polar surface area (TPSA) is 49.6 Å². The Kier molecular flexibility index (Phi) is 5.05. The monoisotopic (exact) mass is 420 g/mol. The van der Waals surface area contributed by atoms with Gasteiger partial charge in [-0.15, -0.1) is 0 Å². The second kappa shape index (κ2) is 7.43. The highest BCUT2D eigenvalue weighted by molar-refractivity contribution is 9.10. The molecule has 0 unspecified atom stereocenters. The maximum Gasteiger partial charge on any atom is 0.251 e. The summed E-state index contributed by atoms with van der Waals surface area (Å²) in [6, 6.07) is 5.85. The van der Waals surface area contributed by atoms with Crippen molar-refractivity contribution in [1.29, 1.82) is 0 Å². The van der Waals surface area contributed by atoms with Crippen molar-refractivity contribution in [3.63, 3.8) is 0 Å². The van der Waals surface area contributed by atoms with Gasteiger partial charge in [0.2, 0.25) is 0 Å². The molecule has 1 amide bonds. The second-order valence-corrected chi connectivity index (χ2v) is 8.33. The summed E-state index contributed by atoms with van der Waals surface area (Å²) in [4.78, 5) is 20.3. The van der Waals surface area contributed by atoms with Crippen LogP contribution in [0.2, 0.25) is 0 Å². The van der Waals surface area contributed by atoms with Crippen LogP contribution in [0.5, 0.6) is 0 Å². The van der Waals surface area contributed by atoms with Gasteiger partial charge in [0.05, 0.1) is 10.2 Å². The first-order valence-electron chi connectivity index (χ1n) is 8.78. The standard InChI is InChI=1S/C18H21BrN4OS/c19-16-12-23-14-6-5-13(11-15(14)25-18(23)21-16)17(24)20-7-4-10-22-8-2-1-3-9-22/h5-6,11-12H,1-4,7-10H2,(H,20,24). The minimum Gasteiger partial charge on any atom is -0.352 e. The highest BCUT2D eigenvalue weighted by Gasteiger charge is 2.12. The predicted molar refractivity (Wildman–Crippen MR) is 106 cm³/mol. The number of thiazole rings is 1. The molecule has 0 saturated carbocycles. The van der Waals surface area contributed by atoms with Crippen molar-refractivity contribution in [3.8, 4) is 0 Å². The average Bonchev–Trinajstić information content (AvgIpc) is 3.14. The summed E-state index contributed by atoms with van der Waals surface area (Å²) in [6.07, 6.45) is 6.95. The molecule has 2 aromatic heterocycles. The van der Waals surface area contributed by atoms with E-state index in [1.807, 2.05) is 28.8 Å². The molecule has 0 radical (unpaired) electrons. The second-order valence-electron chi connectivity index (χ2n) is 6.51. The summed E-state index contributed by atoms with van der Waals surface area (Å²) in [6.45, 7) is 4.23. The van der Waals surface area contributed by atoms with Crippen LogP contribution in [0.4, 0.5) is 0 Å². The van der Waals surface area contributed by atoms with Crippen LogP contribution in [-0.4, -0.2) is 46.4 Å². The molecule has 1 aliphatic rings. The van der Waals surface area contributed by atoms with Gasteiger partial charge in [-0.2, -0.15) is 0 Å². The number of hydrogen-bond donors (Lipinski definition) is 1. The summed E-state index contributed by atoms with van der Waals surface area (Å²) >= 11 is 4.99. The fraction of sp³-hybridized carbons (Fsp3) is 0.444. The van der Waals surface area contributed by atoms with E-state index in [9.17, 15) is 4.79 Å². The lowest BCUT2D eigenvalue weighted by Crippen LogP contribution is -2.33. The molecule has 3 heterocycles. The van der Waals surface area contributed by atoms with E-state index in [-0.39, 0.29) is 5.91 Å². The molecular weight excluding hydrogens is 400 g/mol. The maximum absolute atomic E-state index is 12.4. The van der Waals surface area contributed by atoms with Crippen molar-refractivity contribution >= 4 is 48.4 Å². The number of imidazole rings is 1. The molecule has 1 N–H and O–H groups in total. The zero-order chi connectivity index (χ0) is 17.2. The summed E-state index contributed by atoms with van der Waals surface area (Å²) in [5, 5.41) is 3.05. The Balaban J connectivity index is 1.36. The Morgan fingerprint density at radius 3 is 2.96 bits per heavy atom. The molecule has 3 aromatic rings. The summed E-state index contributed by atoms with van der Waals surface area (Å²) in [5.74, 6) is 0.00719. The number of nitrogens with zero attached hydrogens (tertiary/aromatic N) is 3. The third-order valence-corrected chi connectivity index (χ3v) is 6.11. The summed E-state index contributed by atoms with van der Waals surface area (Å²) in [5.41, 5.74) is 1.80. The summed E-state index contributed by atoms with van der Waals surface area (Å²) in [7, 11) is 0. The van der Waals surface area contributed by atoms with Crippen molar-refractivity contribution in [3.05, 3.63) is 34.6 Å². The van der Waals surface area contributed by atoms with E-state index in [0.29, 0.717) is 5.56 Å². The number of halogens is 1. The molecule has 4 rings (SSSR count). The molecule has 25 heavy (non-hydrogen) atoms. The van der Waals surface area contributed by atoms with Crippen molar-refractivity contribution in [1.82, 2.24) is 19.6 Å². The zero-order valence-electron chi connectivity index (χ0n) is 14.0. The first-order chi connectivity index (χ1) is 12.2. The lowest BCUT2D eigenvalue weighted by atomic mass is 10.1. The van der Waals surface area contributed by atoms with Crippen LogP contribution in [-0.2, 0) is 0 Å². The van der Waals surface area contributed by atoms with Crippen LogP contribution < -0.4 is 5.32 Å². The molecule has 1 fully saturated rings. The Labute approximate surface area is 159 Å². The number of likely N-dealkylation sites (tertiary alicyclic amines) is 1. The quantitative estimate of drug-likeness (QED) is 0.636. The van der Waals surface area contributed by atoms with E-state index in [1.54, 1.807) is 11.3 Å². The van der Waals surface area contributed by atoms with Gasteiger partial charge in [0.1, 0.15) is 4.60 Å². The Morgan fingerprint density at radius 1 is 1.28 bits per heavy atom. The Hall–Kier alpha value is -1.44. The van der Waals surface area contributed by atoms with Gasteiger partial charge in [-0.3, -0.25) is 9.20 Å². The third kappa shape index (κ3) is 3.73. The van der Waals surface area contributed by atoms with Crippen molar-refractivity contribution in [2.75, 3.05) is 26.2 Å². The minimum atomic E-state index is 0.00719. The first kappa shape index (κ1) is 17.0. The van der Waals surface area contributed by atoms with Gasteiger partial charge in [0, 0.05) is 18.3 Å². The van der Waals surface area contributed by atoms with Crippen molar-refractivity contribution in [2.24, 2.45) is 0 Å². The number of carbonyl (C=O) groups excluding carboxylic acids is 1. The lowest BCUT2D eigenvalue weighted by molar-refractivity contribution is 0.0951. The van der Waals surface area contributed by atoms with Crippen LogP contribution in [0.1, 0.15) is 36.0 Å². The fourth-order valence-corrected chi connectivity index (χ4v) is 4.94. The van der Waals surface area contributed by atoms with E-state index in [4.69, 9.17) is 0 Å². The minimum absolute atomic E-state index is 0.00719. The summed E-state index contributed by atoms with van der Waals surface area (Å²) < 4.78 is 3.96. The molecule has 132 valence electrons. The predicted octanol–water partition coefficient (Wildman–Crippen LogP) is 3.92. The van der Waals surface area contributed by atoms with E-state index >= 15 is 0 Å². The molecule has 0 bridgehead atoms. The number of nitrogens with one attached hydrogen (secondary N) is 1. The zero-order valence-corrected chi connectivity index (χ0v) is 16.4. The van der Waals surface area contributed by atoms with Gasteiger partial charge >= 0.3 is 0 Å². The molecule has 0 aliphatic carbocycles. The lowest BCUT2D eigenvalue weighted by Gasteiger charge is -2.26. The van der Waals surface area contributed by atoms with Gasteiger partial charge < -0.3 is 10.2 Å². The molecule has 0 spiro atoms. The highest BCUT2D eigenvalue weighted by atomic mass is 79.9. The number of aromatic nitrogens is 2. The Bertz CT molecular complexity index is 897.